The highest BCUT2D eigenvalue weighted by atomic mass is 32.1. The van der Waals surface area contributed by atoms with E-state index in [0.29, 0.717) is 18.3 Å². The maximum absolute atomic E-state index is 12.1. The van der Waals surface area contributed by atoms with E-state index in [9.17, 15) is 4.79 Å². The minimum absolute atomic E-state index is 0.197. The number of carbonyl (C=O) groups is 1. The maximum Gasteiger partial charge on any atom is 0.220 e. The van der Waals surface area contributed by atoms with E-state index in [1.165, 1.54) is 30.7 Å². The normalized spacial score (nSPS) is 28.8. The van der Waals surface area contributed by atoms with Crippen molar-refractivity contribution in [1.29, 1.82) is 0 Å². The largest absolute Gasteiger partial charge is 0.356 e. The van der Waals surface area contributed by atoms with Crippen LogP contribution in [0.15, 0.2) is 17.5 Å². The summed E-state index contributed by atoms with van der Waals surface area (Å²) in [6, 6.07) is 4.56. The molecule has 128 valence electrons. The fourth-order valence-corrected chi connectivity index (χ4v) is 4.72. The van der Waals surface area contributed by atoms with Crippen LogP contribution in [0.4, 0.5) is 0 Å². The molecule has 1 aliphatic carbocycles. The number of nitrogens with one attached hydrogen (secondary N) is 1. The zero-order valence-corrected chi connectivity index (χ0v) is 14.7. The first kappa shape index (κ1) is 16.9. The zero-order valence-electron chi connectivity index (χ0n) is 13.9. The number of hydrogen-bond acceptors (Lipinski definition) is 4. The number of thiophene rings is 1. The molecule has 0 bridgehead atoms. The van der Waals surface area contributed by atoms with Gasteiger partial charge in [0.1, 0.15) is 0 Å². The summed E-state index contributed by atoms with van der Waals surface area (Å²) in [5.41, 5.74) is 6.06. The average Bonchev–Trinajstić information content (AvgIpc) is 3.18. The van der Waals surface area contributed by atoms with Crippen molar-refractivity contribution in [2.75, 3.05) is 19.6 Å². The highest BCUT2D eigenvalue weighted by Crippen LogP contribution is 2.26. The van der Waals surface area contributed by atoms with Gasteiger partial charge in [-0.2, -0.15) is 0 Å². The van der Waals surface area contributed by atoms with Crippen molar-refractivity contribution in [2.45, 2.75) is 51.1 Å². The van der Waals surface area contributed by atoms with Gasteiger partial charge >= 0.3 is 0 Å². The second-order valence-corrected chi connectivity index (χ2v) is 8.22. The molecule has 23 heavy (non-hydrogen) atoms. The van der Waals surface area contributed by atoms with Crippen LogP contribution in [0.1, 0.15) is 43.4 Å². The summed E-state index contributed by atoms with van der Waals surface area (Å²) < 4.78 is 0. The third-order valence-electron chi connectivity index (χ3n) is 5.32. The van der Waals surface area contributed by atoms with E-state index in [-0.39, 0.29) is 11.9 Å². The molecule has 1 saturated carbocycles. The molecule has 0 radical (unpaired) electrons. The van der Waals surface area contributed by atoms with Crippen LogP contribution < -0.4 is 11.1 Å². The third-order valence-corrected chi connectivity index (χ3v) is 6.18. The number of carbonyl (C=O) groups excluding carboxylic acids is 1. The number of amides is 1. The molecule has 3 N–H and O–H groups in total. The van der Waals surface area contributed by atoms with Gasteiger partial charge < -0.3 is 11.1 Å². The lowest BCUT2D eigenvalue weighted by Crippen LogP contribution is -2.41. The number of likely N-dealkylation sites (tertiary alicyclic amines) is 1. The smallest absolute Gasteiger partial charge is 0.220 e. The molecule has 1 aliphatic heterocycles. The van der Waals surface area contributed by atoms with Crippen molar-refractivity contribution < 1.29 is 4.79 Å². The molecule has 4 nitrogen and oxygen atoms in total. The van der Waals surface area contributed by atoms with Crippen LogP contribution in [-0.4, -0.2) is 36.5 Å². The summed E-state index contributed by atoms with van der Waals surface area (Å²) in [4.78, 5) is 16.1. The second-order valence-electron chi connectivity index (χ2n) is 7.19. The Kier molecular flexibility index (Phi) is 6.08. The molecule has 3 atom stereocenters. The fourth-order valence-electron chi connectivity index (χ4n) is 3.97. The van der Waals surface area contributed by atoms with Crippen LogP contribution in [0, 0.1) is 11.8 Å². The lowest BCUT2D eigenvalue weighted by Gasteiger charge is -2.32. The van der Waals surface area contributed by atoms with E-state index >= 15 is 0 Å². The van der Waals surface area contributed by atoms with Crippen LogP contribution in [0.5, 0.6) is 0 Å². The van der Waals surface area contributed by atoms with Gasteiger partial charge in [-0.3, -0.25) is 9.69 Å². The van der Waals surface area contributed by atoms with E-state index in [1.54, 1.807) is 0 Å². The first-order valence-electron chi connectivity index (χ1n) is 8.97. The van der Waals surface area contributed by atoms with Crippen LogP contribution in [0.2, 0.25) is 0 Å². The Labute approximate surface area is 143 Å². The van der Waals surface area contributed by atoms with E-state index in [0.717, 1.165) is 32.5 Å². The lowest BCUT2D eigenvalue weighted by atomic mass is 9.97. The summed E-state index contributed by atoms with van der Waals surface area (Å²) in [6.45, 7) is 4.15. The van der Waals surface area contributed by atoms with Gasteiger partial charge in [0.15, 0.2) is 0 Å². The number of nitrogens with two attached hydrogens (primary N) is 1. The first-order valence-corrected chi connectivity index (χ1v) is 9.85. The molecule has 1 amide bonds. The Morgan fingerprint density at radius 1 is 1.35 bits per heavy atom. The summed E-state index contributed by atoms with van der Waals surface area (Å²) in [5.74, 6) is 1.18. The maximum atomic E-state index is 12.1. The first-order chi connectivity index (χ1) is 11.2. The molecule has 1 aromatic rings. The number of nitrogens with zero attached hydrogens (tertiary/aromatic N) is 1. The number of piperidine rings is 1. The Balaban J connectivity index is 1.38. The van der Waals surface area contributed by atoms with Crippen molar-refractivity contribution in [3.63, 3.8) is 0 Å². The Hall–Kier alpha value is -0.910. The highest BCUT2D eigenvalue weighted by molar-refractivity contribution is 7.09. The minimum atomic E-state index is 0.197. The van der Waals surface area contributed by atoms with Crippen LogP contribution in [-0.2, 0) is 11.3 Å². The van der Waals surface area contributed by atoms with Gasteiger partial charge in [0.2, 0.25) is 5.91 Å². The molecule has 2 heterocycles. The van der Waals surface area contributed by atoms with Crippen molar-refractivity contribution in [3.8, 4) is 0 Å². The molecular formula is C18H29N3OS. The summed E-state index contributed by atoms with van der Waals surface area (Å²) in [6.07, 6.45) is 6.46. The van der Waals surface area contributed by atoms with E-state index in [1.807, 2.05) is 11.3 Å². The van der Waals surface area contributed by atoms with Crippen LogP contribution in [0.25, 0.3) is 0 Å². The molecule has 5 heteroatoms. The van der Waals surface area contributed by atoms with Crippen LogP contribution >= 0.6 is 11.3 Å². The van der Waals surface area contributed by atoms with E-state index in [4.69, 9.17) is 5.73 Å². The number of hydrogen-bond donors (Lipinski definition) is 2. The van der Waals surface area contributed by atoms with Gasteiger partial charge in [0, 0.05) is 37.0 Å². The molecule has 1 aromatic heterocycles. The third kappa shape index (κ3) is 5.03. The predicted octanol–water partition coefficient (Wildman–Crippen LogP) is 2.59. The van der Waals surface area contributed by atoms with Crippen LogP contribution in [0.3, 0.4) is 0 Å². The van der Waals surface area contributed by atoms with Gasteiger partial charge in [-0.05, 0) is 55.5 Å². The molecule has 1 saturated heterocycles. The monoisotopic (exact) mass is 335 g/mol. The second kappa shape index (κ2) is 8.27. The van der Waals surface area contributed by atoms with Crippen molar-refractivity contribution in [3.05, 3.63) is 22.4 Å². The number of rotatable bonds is 6. The molecule has 3 rings (SSSR count). The molecule has 0 aromatic carbocycles. The average molecular weight is 336 g/mol. The van der Waals surface area contributed by atoms with Crippen molar-refractivity contribution in [1.82, 2.24) is 10.2 Å². The van der Waals surface area contributed by atoms with E-state index in [2.05, 4.69) is 27.7 Å². The van der Waals surface area contributed by atoms with Gasteiger partial charge in [-0.1, -0.05) is 12.5 Å². The topological polar surface area (TPSA) is 58.4 Å². The van der Waals surface area contributed by atoms with Crippen molar-refractivity contribution >= 4 is 17.2 Å². The Morgan fingerprint density at radius 2 is 2.26 bits per heavy atom. The SMILES string of the molecule is N[C@@H]1CCC[C@H]1CC(=O)NCC1CCCN(Cc2cccs2)C1. The molecule has 1 unspecified atom stereocenters. The van der Waals surface area contributed by atoms with Crippen molar-refractivity contribution in [2.24, 2.45) is 17.6 Å². The predicted molar refractivity (Wildman–Crippen MR) is 95.3 cm³/mol. The van der Waals surface area contributed by atoms with Gasteiger partial charge in [-0.15, -0.1) is 11.3 Å². The van der Waals surface area contributed by atoms with Gasteiger partial charge in [0.05, 0.1) is 0 Å². The molecule has 2 aliphatic rings. The summed E-state index contributed by atoms with van der Waals surface area (Å²) in [7, 11) is 0. The van der Waals surface area contributed by atoms with Gasteiger partial charge in [-0.25, -0.2) is 0 Å². The van der Waals surface area contributed by atoms with Gasteiger partial charge in [0.25, 0.3) is 0 Å². The Bertz CT molecular complexity index is 490. The molecule has 0 spiro atoms. The fraction of sp³-hybridized carbons (Fsp3) is 0.722. The zero-order chi connectivity index (χ0) is 16.1. The summed E-state index contributed by atoms with van der Waals surface area (Å²) >= 11 is 1.83. The quantitative estimate of drug-likeness (QED) is 0.840. The molecular weight excluding hydrogens is 306 g/mol. The van der Waals surface area contributed by atoms with E-state index < -0.39 is 0 Å². The highest BCUT2D eigenvalue weighted by Gasteiger charge is 2.26. The standard InChI is InChI=1S/C18H29N3OS/c19-17-7-1-5-15(17)10-18(22)20-11-14-4-2-8-21(12-14)13-16-6-3-9-23-16/h3,6,9,14-15,17H,1-2,4-5,7-8,10-13,19H2,(H,20,22)/t14?,15-,17+/m0/s1. The minimum Gasteiger partial charge on any atom is -0.356 e. The summed E-state index contributed by atoms with van der Waals surface area (Å²) in [5, 5.41) is 5.30. The lowest BCUT2D eigenvalue weighted by molar-refractivity contribution is -0.122. The Morgan fingerprint density at radius 3 is 3.00 bits per heavy atom. The molecule has 2 fully saturated rings.